The largest absolute Gasteiger partial charge is 0.371 e. The minimum atomic E-state index is -3.80. The van der Waals surface area contributed by atoms with Crippen LogP contribution in [0.25, 0.3) is 10.1 Å². The van der Waals surface area contributed by atoms with Crippen LogP contribution in [-0.4, -0.2) is 50.5 Å². The normalized spacial score (nSPS) is 18.2. The molecule has 0 aliphatic carbocycles. The van der Waals surface area contributed by atoms with Gasteiger partial charge in [0, 0.05) is 30.4 Å². The highest BCUT2D eigenvalue weighted by Gasteiger charge is 2.37. The Kier molecular flexibility index (Phi) is 5.19. The molecule has 29 heavy (non-hydrogen) atoms. The lowest BCUT2D eigenvalue weighted by Crippen LogP contribution is -2.42. The molecule has 0 bridgehead atoms. The molecule has 0 spiro atoms. The van der Waals surface area contributed by atoms with E-state index < -0.39 is 16.1 Å². The van der Waals surface area contributed by atoms with E-state index in [1.807, 2.05) is 24.3 Å². The van der Waals surface area contributed by atoms with Crippen molar-refractivity contribution in [3.8, 4) is 0 Å². The van der Waals surface area contributed by atoms with Crippen molar-refractivity contribution in [2.45, 2.75) is 24.8 Å². The van der Waals surface area contributed by atoms with E-state index in [1.165, 1.54) is 15.6 Å². The number of ether oxygens (including phenoxy) is 1. The fourth-order valence-corrected chi connectivity index (χ4v) is 6.57. The molecule has 1 saturated heterocycles. The summed E-state index contributed by atoms with van der Waals surface area (Å²) in [4.78, 5) is 13.1. The summed E-state index contributed by atoms with van der Waals surface area (Å²) < 4.78 is 39.8. The zero-order chi connectivity index (χ0) is 20.8. The fourth-order valence-electron chi connectivity index (χ4n) is 3.66. The number of hydrogen-bond donors (Lipinski definition) is 1. The number of aromatic nitrogens is 1. The fraction of sp³-hybridized carbons (Fsp3) is 0.368. The lowest BCUT2D eigenvalue weighted by atomic mass is 10.0. The smallest absolute Gasteiger partial charge is 0.261 e. The van der Waals surface area contributed by atoms with Gasteiger partial charge in [-0.1, -0.05) is 23.4 Å². The second kappa shape index (κ2) is 7.52. The Hall–Kier alpha value is -2.27. The van der Waals surface area contributed by atoms with E-state index in [-0.39, 0.29) is 36.3 Å². The molecule has 8 nitrogen and oxygen atoms in total. The predicted octanol–water partition coefficient (Wildman–Crippen LogP) is 2.63. The van der Waals surface area contributed by atoms with Crippen molar-refractivity contribution in [1.82, 2.24) is 14.8 Å². The van der Waals surface area contributed by atoms with E-state index >= 15 is 0 Å². The Morgan fingerprint density at radius 1 is 1.31 bits per heavy atom. The van der Waals surface area contributed by atoms with Crippen LogP contribution in [0.1, 0.15) is 32.8 Å². The number of hydrogen-bond acceptors (Lipinski definition) is 7. The van der Waals surface area contributed by atoms with Gasteiger partial charge in [-0.15, -0.1) is 11.3 Å². The third-order valence-electron chi connectivity index (χ3n) is 4.98. The maximum absolute atomic E-state index is 13.2. The van der Waals surface area contributed by atoms with Crippen molar-refractivity contribution < 1.29 is 22.5 Å². The SMILES string of the molecule is CNC(=O)c1sc2ccccc2c1C1CN(S(=O)(=O)c2c(C)noc2C)CCO1. The molecule has 10 heteroatoms. The molecule has 3 heterocycles. The van der Waals surface area contributed by atoms with Crippen LogP contribution in [0.5, 0.6) is 0 Å². The monoisotopic (exact) mass is 435 g/mol. The number of morpholine rings is 1. The first-order chi connectivity index (χ1) is 13.8. The van der Waals surface area contributed by atoms with Gasteiger partial charge in [-0.2, -0.15) is 4.31 Å². The van der Waals surface area contributed by atoms with Gasteiger partial charge in [-0.25, -0.2) is 8.42 Å². The molecule has 1 unspecified atom stereocenters. The number of aryl methyl sites for hydroxylation is 2. The molecule has 1 N–H and O–H groups in total. The molecule has 1 aliphatic heterocycles. The van der Waals surface area contributed by atoms with Crippen LogP contribution in [-0.2, 0) is 14.8 Å². The van der Waals surface area contributed by atoms with E-state index in [4.69, 9.17) is 9.26 Å². The molecule has 3 aromatic rings. The Morgan fingerprint density at radius 2 is 2.07 bits per heavy atom. The molecule has 0 radical (unpaired) electrons. The molecular weight excluding hydrogens is 414 g/mol. The molecule has 2 aromatic heterocycles. The molecular formula is C19H21N3O5S2. The van der Waals surface area contributed by atoms with Crippen molar-refractivity contribution in [2.75, 3.05) is 26.7 Å². The van der Waals surface area contributed by atoms with Gasteiger partial charge in [0.25, 0.3) is 5.91 Å². The Bertz CT molecular complexity index is 1160. The maximum Gasteiger partial charge on any atom is 0.261 e. The number of amides is 1. The van der Waals surface area contributed by atoms with Gasteiger partial charge in [0.05, 0.1) is 17.6 Å². The number of thiophene rings is 1. The quantitative estimate of drug-likeness (QED) is 0.676. The lowest BCUT2D eigenvalue weighted by Gasteiger charge is -2.32. The van der Waals surface area contributed by atoms with Crippen molar-refractivity contribution in [3.63, 3.8) is 0 Å². The Labute approximate surface area is 172 Å². The minimum Gasteiger partial charge on any atom is -0.371 e. The molecule has 1 amide bonds. The summed E-state index contributed by atoms with van der Waals surface area (Å²) in [6.45, 7) is 3.75. The van der Waals surface area contributed by atoms with Gasteiger partial charge < -0.3 is 14.6 Å². The van der Waals surface area contributed by atoms with Crippen LogP contribution in [0, 0.1) is 13.8 Å². The van der Waals surface area contributed by atoms with E-state index in [1.54, 1.807) is 20.9 Å². The van der Waals surface area contributed by atoms with Crippen LogP contribution in [0.3, 0.4) is 0 Å². The van der Waals surface area contributed by atoms with Crippen molar-refractivity contribution in [2.24, 2.45) is 0 Å². The topological polar surface area (TPSA) is 102 Å². The standard InChI is InChI=1S/C19H21N3O5S2/c1-11-18(12(2)27-21-11)29(24,25)22-8-9-26-14(10-22)16-13-6-4-5-7-15(13)28-17(16)19(23)20-3/h4-7,14H,8-10H2,1-3H3,(H,20,23). The first kappa shape index (κ1) is 20.0. The second-order valence-corrected chi connectivity index (χ2v) is 9.72. The van der Waals surface area contributed by atoms with E-state index in [2.05, 4.69) is 10.5 Å². The summed E-state index contributed by atoms with van der Waals surface area (Å²) in [5.74, 6) is 0.0491. The van der Waals surface area contributed by atoms with E-state index in [9.17, 15) is 13.2 Å². The second-order valence-electron chi connectivity index (χ2n) is 6.80. The Morgan fingerprint density at radius 3 is 2.76 bits per heavy atom. The summed E-state index contributed by atoms with van der Waals surface area (Å²) in [7, 11) is -2.22. The first-order valence-electron chi connectivity index (χ1n) is 9.12. The summed E-state index contributed by atoms with van der Waals surface area (Å²) in [6.07, 6.45) is -0.553. The highest BCUT2D eigenvalue weighted by Crippen LogP contribution is 2.39. The van der Waals surface area contributed by atoms with Gasteiger partial charge >= 0.3 is 0 Å². The predicted molar refractivity (Wildman–Crippen MR) is 109 cm³/mol. The van der Waals surface area contributed by atoms with Gasteiger partial charge in [0.1, 0.15) is 10.6 Å². The highest BCUT2D eigenvalue weighted by atomic mass is 32.2. The number of carbonyl (C=O) groups excluding carboxylic acids is 1. The zero-order valence-electron chi connectivity index (χ0n) is 16.3. The average Bonchev–Trinajstić information content (AvgIpc) is 3.27. The van der Waals surface area contributed by atoms with Crippen LogP contribution < -0.4 is 5.32 Å². The minimum absolute atomic E-state index is 0.0971. The number of nitrogens with zero attached hydrogens (tertiary/aromatic N) is 2. The highest BCUT2D eigenvalue weighted by molar-refractivity contribution is 7.89. The number of fused-ring (bicyclic) bond motifs is 1. The van der Waals surface area contributed by atoms with Crippen molar-refractivity contribution in [3.05, 3.63) is 46.2 Å². The third-order valence-corrected chi connectivity index (χ3v) is 8.28. The number of sulfonamides is 1. The number of carbonyl (C=O) groups is 1. The zero-order valence-corrected chi connectivity index (χ0v) is 17.9. The van der Waals surface area contributed by atoms with Crippen LogP contribution in [0.4, 0.5) is 0 Å². The molecule has 4 rings (SSSR count). The van der Waals surface area contributed by atoms with Crippen molar-refractivity contribution in [1.29, 1.82) is 0 Å². The van der Waals surface area contributed by atoms with Crippen LogP contribution in [0.2, 0.25) is 0 Å². The first-order valence-corrected chi connectivity index (χ1v) is 11.4. The molecule has 1 aliphatic rings. The molecule has 0 saturated carbocycles. The number of nitrogens with one attached hydrogen (secondary N) is 1. The average molecular weight is 436 g/mol. The molecule has 1 atom stereocenters. The van der Waals surface area contributed by atoms with Gasteiger partial charge in [0.15, 0.2) is 5.76 Å². The molecule has 1 fully saturated rings. The van der Waals surface area contributed by atoms with Crippen molar-refractivity contribution >= 4 is 37.4 Å². The Balaban J connectivity index is 1.76. The van der Waals surface area contributed by atoms with Gasteiger partial charge in [-0.05, 0) is 25.3 Å². The summed E-state index contributed by atoms with van der Waals surface area (Å²) in [6, 6.07) is 7.68. The summed E-state index contributed by atoms with van der Waals surface area (Å²) in [5, 5.41) is 7.34. The third kappa shape index (κ3) is 3.35. The number of benzene rings is 1. The lowest BCUT2D eigenvalue weighted by molar-refractivity contribution is -0.00194. The van der Waals surface area contributed by atoms with Crippen LogP contribution in [0.15, 0.2) is 33.7 Å². The van der Waals surface area contributed by atoms with Gasteiger partial charge in [0.2, 0.25) is 10.0 Å². The molecule has 1 aromatic carbocycles. The maximum atomic E-state index is 13.2. The van der Waals surface area contributed by atoms with Gasteiger partial charge in [-0.3, -0.25) is 4.79 Å². The number of rotatable bonds is 4. The van der Waals surface area contributed by atoms with E-state index in [0.717, 1.165) is 15.6 Å². The van der Waals surface area contributed by atoms with E-state index in [0.29, 0.717) is 10.6 Å². The summed E-state index contributed by atoms with van der Waals surface area (Å²) >= 11 is 1.38. The molecule has 154 valence electrons. The summed E-state index contributed by atoms with van der Waals surface area (Å²) in [5.41, 5.74) is 1.06. The van der Waals surface area contributed by atoms with Crippen LogP contribution >= 0.6 is 11.3 Å².